The molecule has 0 unspecified atom stereocenters. The van der Waals surface area contributed by atoms with E-state index in [1.807, 2.05) is 11.8 Å². The molecule has 0 fully saturated rings. The molecule has 2 N–H and O–H groups in total. The standard InChI is InChI=1S/C13H22N2O2/c1-4-12(5-2)15(7-6-14)13(16)11-8-10(3)17-9-11/h8-9,12H,4-7,14H2,1-3H3. The molecule has 0 aliphatic rings. The molecule has 17 heavy (non-hydrogen) atoms. The minimum atomic E-state index is 0.0148. The third-order valence-corrected chi connectivity index (χ3v) is 2.99. The van der Waals surface area contributed by atoms with Crippen LogP contribution in [0.15, 0.2) is 16.7 Å². The summed E-state index contributed by atoms with van der Waals surface area (Å²) in [4.78, 5) is 14.2. The van der Waals surface area contributed by atoms with Crippen LogP contribution in [0.3, 0.4) is 0 Å². The molecule has 0 spiro atoms. The Morgan fingerprint density at radius 2 is 2.12 bits per heavy atom. The van der Waals surface area contributed by atoms with Crippen LogP contribution in [0.1, 0.15) is 42.8 Å². The average Bonchev–Trinajstić information content (AvgIpc) is 2.75. The highest BCUT2D eigenvalue weighted by Gasteiger charge is 2.22. The second-order valence-corrected chi connectivity index (χ2v) is 4.20. The van der Waals surface area contributed by atoms with Crippen LogP contribution in [-0.2, 0) is 0 Å². The first kappa shape index (κ1) is 13.8. The highest BCUT2D eigenvalue weighted by molar-refractivity contribution is 5.94. The van der Waals surface area contributed by atoms with E-state index in [9.17, 15) is 4.79 Å². The average molecular weight is 238 g/mol. The van der Waals surface area contributed by atoms with Gasteiger partial charge in [-0.05, 0) is 25.8 Å². The molecule has 0 saturated carbocycles. The van der Waals surface area contributed by atoms with Gasteiger partial charge in [0.1, 0.15) is 12.0 Å². The van der Waals surface area contributed by atoms with Gasteiger partial charge in [0.15, 0.2) is 0 Å². The van der Waals surface area contributed by atoms with Crippen LogP contribution in [-0.4, -0.2) is 29.9 Å². The second-order valence-electron chi connectivity index (χ2n) is 4.20. The minimum absolute atomic E-state index is 0.0148. The van der Waals surface area contributed by atoms with Crippen LogP contribution in [0, 0.1) is 6.92 Å². The molecule has 4 nitrogen and oxygen atoms in total. The molecule has 1 heterocycles. The number of amides is 1. The molecule has 1 aromatic heterocycles. The van der Waals surface area contributed by atoms with Crippen molar-refractivity contribution in [3.63, 3.8) is 0 Å². The fraction of sp³-hybridized carbons (Fsp3) is 0.615. The lowest BCUT2D eigenvalue weighted by Crippen LogP contribution is -2.42. The predicted octanol–water partition coefficient (Wildman–Crippen LogP) is 2.18. The van der Waals surface area contributed by atoms with Crippen molar-refractivity contribution in [2.75, 3.05) is 13.1 Å². The van der Waals surface area contributed by atoms with E-state index in [1.54, 1.807) is 6.07 Å². The first-order valence-corrected chi connectivity index (χ1v) is 6.20. The molecule has 0 radical (unpaired) electrons. The fourth-order valence-electron chi connectivity index (χ4n) is 2.04. The van der Waals surface area contributed by atoms with E-state index in [4.69, 9.17) is 10.2 Å². The molecule has 0 aromatic carbocycles. The zero-order valence-corrected chi connectivity index (χ0v) is 10.9. The maximum atomic E-state index is 12.3. The minimum Gasteiger partial charge on any atom is -0.469 e. The lowest BCUT2D eigenvalue weighted by molar-refractivity contribution is 0.0673. The Labute approximate surface area is 103 Å². The number of nitrogens with zero attached hydrogens (tertiary/aromatic N) is 1. The van der Waals surface area contributed by atoms with Crippen molar-refractivity contribution in [3.05, 3.63) is 23.7 Å². The summed E-state index contributed by atoms with van der Waals surface area (Å²) in [5.41, 5.74) is 6.19. The van der Waals surface area contributed by atoms with Crippen molar-refractivity contribution in [2.45, 2.75) is 39.7 Å². The van der Waals surface area contributed by atoms with E-state index in [-0.39, 0.29) is 11.9 Å². The van der Waals surface area contributed by atoms with Crippen molar-refractivity contribution < 1.29 is 9.21 Å². The van der Waals surface area contributed by atoms with E-state index in [0.717, 1.165) is 18.6 Å². The van der Waals surface area contributed by atoms with Crippen LogP contribution in [0.2, 0.25) is 0 Å². The molecule has 0 saturated heterocycles. The Morgan fingerprint density at radius 3 is 2.53 bits per heavy atom. The summed E-state index contributed by atoms with van der Waals surface area (Å²) in [5.74, 6) is 0.770. The molecular formula is C13H22N2O2. The number of carbonyl (C=O) groups is 1. The third kappa shape index (κ3) is 3.33. The summed E-state index contributed by atoms with van der Waals surface area (Å²) in [6.45, 7) is 7.09. The lowest BCUT2D eigenvalue weighted by Gasteiger charge is -2.29. The summed E-state index contributed by atoms with van der Waals surface area (Å²) in [6, 6.07) is 2.02. The van der Waals surface area contributed by atoms with Gasteiger partial charge in [-0.1, -0.05) is 13.8 Å². The second kappa shape index (κ2) is 6.45. The van der Waals surface area contributed by atoms with E-state index < -0.39 is 0 Å². The van der Waals surface area contributed by atoms with Crippen molar-refractivity contribution in [1.82, 2.24) is 4.90 Å². The Kier molecular flexibility index (Phi) is 5.22. The van der Waals surface area contributed by atoms with Gasteiger partial charge in [0.05, 0.1) is 5.56 Å². The molecule has 1 rings (SSSR count). The quantitative estimate of drug-likeness (QED) is 0.826. The zero-order chi connectivity index (χ0) is 12.8. The van der Waals surface area contributed by atoms with Crippen LogP contribution in [0.25, 0.3) is 0 Å². The van der Waals surface area contributed by atoms with E-state index in [0.29, 0.717) is 18.7 Å². The van der Waals surface area contributed by atoms with Gasteiger partial charge in [-0.15, -0.1) is 0 Å². The molecule has 4 heteroatoms. The van der Waals surface area contributed by atoms with Gasteiger partial charge in [0.2, 0.25) is 0 Å². The molecule has 0 atom stereocenters. The number of hydrogen-bond acceptors (Lipinski definition) is 3. The molecule has 1 amide bonds. The molecule has 0 aliphatic carbocycles. The monoisotopic (exact) mass is 238 g/mol. The van der Waals surface area contributed by atoms with Crippen LogP contribution in [0.5, 0.6) is 0 Å². The zero-order valence-electron chi connectivity index (χ0n) is 10.9. The van der Waals surface area contributed by atoms with E-state index >= 15 is 0 Å². The van der Waals surface area contributed by atoms with Crippen molar-refractivity contribution in [1.29, 1.82) is 0 Å². The summed E-state index contributed by atoms with van der Waals surface area (Å²) in [5, 5.41) is 0. The Bertz CT molecular complexity index is 356. The largest absolute Gasteiger partial charge is 0.469 e. The Morgan fingerprint density at radius 1 is 1.47 bits per heavy atom. The maximum Gasteiger partial charge on any atom is 0.257 e. The van der Waals surface area contributed by atoms with Crippen molar-refractivity contribution in [2.24, 2.45) is 5.73 Å². The van der Waals surface area contributed by atoms with Gasteiger partial charge in [-0.25, -0.2) is 0 Å². The van der Waals surface area contributed by atoms with Crippen molar-refractivity contribution in [3.8, 4) is 0 Å². The normalized spacial score (nSPS) is 10.9. The Hall–Kier alpha value is -1.29. The van der Waals surface area contributed by atoms with Crippen molar-refractivity contribution >= 4 is 5.91 Å². The van der Waals surface area contributed by atoms with Gasteiger partial charge in [0.25, 0.3) is 5.91 Å². The molecule has 0 aliphatic heterocycles. The highest BCUT2D eigenvalue weighted by atomic mass is 16.3. The van der Waals surface area contributed by atoms with E-state index in [2.05, 4.69) is 13.8 Å². The lowest BCUT2D eigenvalue weighted by atomic mass is 10.1. The molecule has 0 bridgehead atoms. The summed E-state index contributed by atoms with van der Waals surface area (Å²) < 4.78 is 5.18. The van der Waals surface area contributed by atoms with Gasteiger partial charge in [-0.2, -0.15) is 0 Å². The van der Waals surface area contributed by atoms with Crippen LogP contribution < -0.4 is 5.73 Å². The maximum absolute atomic E-state index is 12.3. The fourth-order valence-corrected chi connectivity index (χ4v) is 2.04. The summed E-state index contributed by atoms with van der Waals surface area (Å²) in [7, 11) is 0. The molecule has 1 aromatic rings. The topological polar surface area (TPSA) is 59.5 Å². The smallest absolute Gasteiger partial charge is 0.257 e. The van der Waals surface area contributed by atoms with E-state index in [1.165, 1.54) is 6.26 Å². The van der Waals surface area contributed by atoms with Crippen LogP contribution >= 0.6 is 0 Å². The first-order chi connectivity index (χ1) is 8.13. The van der Waals surface area contributed by atoms with Crippen LogP contribution in [0.4, 0.5) is 0 Å². The number of rotatable bonds is 6. The van der Waals surface area contributed by atoms with Gasteiger partial charge >= 0.3 is 0 Å². The molecular weight excluding hydrogens is 216 g/mol. The summed E-state index contributed by atoms with van der Waals surface area (Å²) in [6.07, 6.45) is 3.40. The number of nitrogens with two attached hydrogens (primary N) is 1. The SMILES string of the molecule is CCC(CC)N(CCN)C(=O)c1coc(C)c1. The third-order valence-electron chi connectivity index (χ3n) is 2.99. The van der Waals surface area contributed by atoms with Gasteiger partial charge in [0, 0.05) is 19.1 Å². The molecule has 96 valence electrons. The van der Waals surface area contributed by atoms with Gasteiger partial charge < -0.3 is 15.1 Å². The number of hydrogen-bond donors (Lipinski definition) is 1. The highest BCUT2D eigenvalue weighted by Crippen LogP contribution is 2.15. The number of aryl methyl sites for hydroxylation is 1. The first-order valence-electron chi connectivity index (χ1n) is 6.20. The predicted molar refractivity (Wildman–Crippen MR) is 67.9 cm³/mol. The number of furan rings is 1. The Balaban J connectivity index is 2.86. The van der Waals surface area contributed by atoms with Gasteiger partial charge in [-0.3, -0.25) is 4.79 Å². The number of carbonyl (C=O) groups excluding carboxylic acids is 1. The summed E-state index contributed by atoms with van der Waals surface area (Å²) >= 11 is 0.